The number of benzene rings is 1. The number of nitrogens with one attached hydrogen (secondary N) is 2. The summed E-state index contributed by atoms with van der Waals surface area (Å²) < 4.78 is 6.03. The first-order valence-corrected chi connectivity index (χ1v) is 9.60. The van der Waals surface area contributed by atoms with Crippen molar-refractivity contribution in [3.05, 3.63) is 22.7 Å². The molecule has 1 aromatic carbocycles. The fourth-order valence-electron chi connectivity index (χ4n) is 1.97. The van der Waals surface area contributed by atoms with E-state index >= 15 is 0 Å². The fraction of sp³-hybridized carbons (Fsp3) is 0.400. The van der Waals surface area contributed by atoms with Crippen molar-refractivity contribution in [2.24, 2.45) is 0 Å². The molecule has 0 unspecified atom stereocenters. The molecule has 9 heteroatoms. The summed E-state index contributed by atoms with van der Waals surface area (Å²) in [6.07, 6.45) is 2.37. The SMILES string of the molecule is COc1cc(Cl)c(C)cc1NC(=O)CSc1nnc(NC2CC2)s1. The normalized spacial score (nSPS) is 13.6. The minimum atomic E-state index is -0.132. The monoisotopic (exact) mass is 384 g/mol. The highest BCUT2D eigenvalue weighted by Crippen LogP contribution is 2.32. The van der Waals surface area contributed by atoms with Crippen LogP contribution >= 0.6 is 34.7 Å². The number of thioether (sulfide) groups is 1. The largest absolute Gasteiger partial charge is 0.495 e. The lowest BCUT2D eigenvalue weighted by molar-refractivity contribution is -0.113. The minimum Gasteiger partial charge on any atom is -0.495 e. The van der Waals surface area contributed by atoms with Crippen LogP contribution < -0.4 is 15.4 Å². The smallest absolute Gasteiger partial charge is 0.234 e. The molecule has 2 aromatic rings. The summed E-state index contributed by atoms with van der Waals surface area (Å²) in [7, 11) is 1.54. The fourth-order valence-corrected chi connectivity index (χ4v) is 3.75. The van der Waals surface area contributed by atoms with E-state index in [0.717, 1.165) is 15.0 Å². The maximum Gasteiger partial charge on any atom is 0.234 e. The number of carbonyl (C=O) groups is 1. The molecule has 0 atom stereocenters. The Morgan fingerprint density at radius 1 is 1.46 bits per heavy atom. The second-order valence-electron chi connectivity index (χ2n) is 5.43. The van der Waals surface area contributed by atoms with Crippen molar-refractivity contribution >= 4 is 51.4 Å². The Labute approximate surface area is 153 Å². The van der Waals surface area contributed by atoms with Crippen molar-refractivity contribution < 1.29 is 9.53 Å². The van der Waals surface area contributed by atoms with E-state index in [1.165, 1.54) is 35.9 Å². The van der Waals surface area contributed by atoms with Gasteiger partial charge in [-0.15, -0.1) is 10.2 Å². The van der Waals surface area contributed by atoms with E-state index in [-0.39, 0.29) is 11.7 Å². The molecule has 0 radical (unpaired) electrons. The molecule has 0 bridgehead atoms. The average Bonchev–Trinajstić information content (AvgIpc) is 3.25. The number of methoxy groups -OCH3 is 1. The third-order valence-corrected chi connectivity index (χ3v) is 5.79. The topological polar surface area (TPSA) is 76.1 Å². The number of rotatable bonds is 7. The zero-order chi connectivity index (χ0) is 17.1. The third-order valence-electron chi connectivity index (χ3n) is 3.39. The van der Waals surface area contributed by atoms with Gasteiger partial charge in [-0.3, -0.25) is 4.79 Å². The molecule has 1 aromatic heterocycles. The van der Waals surface area contributed by atoms with Gasteiger partial charge in [0.1, 0.15) is 5.75 Å². The van der Waals surface area contributed by atoms with Gasteiger partial charge in [0.15, 0.2) is 4.34 Å². The van der Waals surface area contributed by atoms with Crippen LogP contribution in [-0.4, -0.2) is 35.0 Å². The first-order valence-electron chi connectivity index (χ1n) is 7.42. The van der Waals surface area contributed by atoms with Crippen molar-refractivity contribution in [2.45, 2.75) is 30.1 Å². The number of ether oxygens (including phenoxy) is 1. The van der Waals surface area contributed by atoms with Crippen LogP contribution in [0.1, 0.15) is 18.4 Å². The summed E-state index contributed by atoms with van der Waals surface area (Å²) in [6.45, 7) is 1.88. The number of aryl methyl sites for hydroxylation is 1. The van der Waals surface area contributed by atoms with E-state index in [1.807, 2.05) is 6.92 Å². The van der Waals surface area contributed by atoms with Crippen LogP contribution in [0.15, 0.2) is 16.5 Å². The first kappa shape index (κ1) is 17.3. The van der Waals surface area contributed by atoms with Crippen LogP contribution in [-0.2, 0) is 4.79 Å². The lowest BCUT2D eigenvalue weighted by Gasteiger charge is -2.11. The molecule has 0 aliphatic heterocycles. The molecule has 6 nitrogen and oxygen atoms in total. The molecule has 1 aliphatic rings. The molecule has 1 heterocycles. The molecule has 128 valence electrons. The molecule has 1 saturated carbocycles. The van der Waals surface area contributed by atoms with E-state index in [4.69, 9.17) is 16.3 Å². The van der Waals surface area contributed by atoms with Crippen LogP contribution in [0.5, 0.6) is 5.75 Å². The van der Waals surface area contributed by atoms with E-state index in [1.54, 1.807) is 19.2 Å². The van der Waals surface area contributed by atoms with Crippen LogP contribution in [0.2, 0.25) is 5.02 Å². The highest BCUT2D eigenvalue weighted by atomic mass is 35.5. The lowest BCUT2D eigenvalue weighted by atomic mass is 10.2. The van der Waals surface area contributed by atoms with Crippen LogP contribution in [0, 0.1) is 6.92 Å². The van der Waals surface area contributed by atoms with Gasteiger partial charge in [0.05, 0.1) is 18.6 Å². The molecular weight excluding hydrogens is 368 g/mol. The average molecular weight is 385 g/mol. The van der Waals surface area contributed by atoms with Crippen LogP contribution in [0.25, 0.3) is 0 Å². The zero-order valence-electron chi connectivity index (χ0n) is 13.3. The number of halogens is 1. The Morgan fingerprint density at radius 3 is 2.96 bits per heavy atom. The summed E-state index contributed by atoms with van der Waals surface area (Å²) in [4.78, 5) is 12.2. The second-order valence-corrected chi connectivity index (χ2v) is 8.04. The molecule has 1 aliphatic carbocycles. The molecular formula is C15H17ClN4O2S2. The van der Waals surface area contributed by atoms with Gasteiger partial charge < -0.3 is 15.4 Å². The highest BCUT2D eigenvalue weighted by Gasteiger charge is 2.22. The number of aromatic nitrogens is 2. The van der Waals surface area contributed by atoms with Gasteiger partial charge >= 0.3 is 0 Å². The molecule has 2 N–H and O–H groups in total. The first-order chi connectivity index (χ1) is 11.5. The van der Waals surface area contributed by atoms with E-state index < -0.39 is 0 Å². The molecule has 24 heavy (non-hydrogen) atoms. The van der Waals surface area contributed by atoms with Gasteiger partial charge in [0.2, 0.25) is 11.0 Å². The van der Waals surface area contributed by atoms with Gasteiger partial charge in [-0.1, -0.05) is 34.7 Å². The number of nitrogens with zero attached hydrogens (tertiary/aromatic N) is 2. The lowest BCUT2D eigenvalue weighted by Crippen LogP contribution is -2.14. The van der Waals surface area contributed by atoms with Crippen molar-refractivity contribution in [1.82, 2.24) is 10.2 Å². The van der Waals surface area contributed by atoms with Gasteiger partial charge in [-0.25, -0.2) is 0 Å². The van der Waals surface area contributed by atoms with Crippen molar-refractivity contribution in [2.75, 3.05) is 23.5 Å². The van der Waals surface area contributed by atoms with Gasteiger partial charge in [-0.2, -0.15) is 0 Å². The number of carbonyl (C=O) groups excluding carboxylic acids is 1. The van der Waals surface area contributed by atoms with Gasteiger partial charge in [-0.05, 0) is 31.4 Å². The zero-order valence-corrected chi connectivity index (χ0v) is 15.6. The summed E-state index contributed by atoms with van der Waals surface area (Å²) in [5, 5.41) is 15.7. The Morgan fingerprint density at radius 2 is 2.25 bits per heavy atom. The molecule has 3 rings (SSSR count). The highest BCUT2D eigenvalue weighted by molar-refractivity contribution is 8.01. The van der Waals surface area contributed by atoms with E-state index in [0.29, 0.717) is 22.5 Å². The van der Waals surface area contributed by atoms with Crippen LogP contribution in [0.4, 0.5) is 10.8 Å². The standard InChI is InChI=1S/C15H17ClN4O2S2/c1-8-5-11(12(22-2)6-10(8)16)18-13(21)7-23-15-20-19-14(24-15)17-9-3-4-9/h5-6,9H,3-4,7H2,1-2H3,(H,17,19)(H,18,21). The molecule has 1 amide bonds. The molecule has 0 spiro atoms. The number of hydrogen-bond acceptors (Lipinski definition) is 7. The van der Waals surface area contributed by atoms with Crippen LogP contribution in [0.3, 0.4) is 0 Å². The summed E-state index contributed by atoms with van der Waals surface area (Å²) >= 11 is 8.90. The Balaban J connectivity index is 1.55. The summed E-state index contributed by atoms with van der Waals surface area (Å²) in [5.74, 6) is 0.658. The number of anilines is 2. The minimum absolute atomic E-state index is 0.132. The quantitative estimate of drug-likeness (QED) is 0.707. The number of hydrogen-bond donors (Lipinski definition) is 2. The summed E-state index contributed by atoms with van der Waals surface area (Å²) in [6, 6.07) is 4.03. The Kier molecular flexibility index (Phi) is 5.47. The van der Waals surface area contributed by atoms with Gasteiger partial charge in [0, 0.05) is 17.1 Å². The summed E-state index contributed by atoms with van der Waals surface area (Å²) in [5.41, 5.74) is 1.48. The molecule has 0 saturated heterocycles. The maximum absolute atomic E-state index is 12.2. The second kappa shape index (κ2) is 7.58. The third kappa shape index (κ3) is 4.52. The van der Waals surface area contributed by atoms with Crippen molar-refractivity contribution in [3.8, 4) is 5.75 Å². The maximum atomic E-state index is 12.2. The van der Waals surface area contributed by atoms with E-state index in [2.05, 4.69) is 20.8 Å². The number of amides is 1. The molecule has 1 fully saturated rings. The Hall–Kier alpha value is -1.51. The van der Waals surface area contributed by atoms with E-state index in [9.17, 15) is 4.79 Å². The Bertz CT molecular complexity index is 749. The predicted octanol–water partition coefficient (Wildman–Crippen LogP) is 3.81. The predicted molar refractivity (Wildman–Crippen MR) is 98.6 cm³/mol. The van der Waals surface area contributed by atoms with Crippen molar-refractivity contribution in [1.29, 1.82) is 0 Å². The van der Waals surface area contributed by atoms with Crippen molar-refractivity contribution in [3.63, 3.8) is 0 Å². The van der Waals surface area contributed by atoms with Gasteiger partial charge in [0.25, 0.3) is 0 Å².